The fourth-order valence-corrected chi connectivity index (χ4v) is 3.73. The first-order valence-corrected chi connectivity index (χ1v) is 7.95. The van der Waals surface area contributed by atoms with Gasteiger partial charge in [0.05, 0.1) is 6.61 Å². The van der Waals surface area contributed by atoms with Crippen molar-refractivity contribution in [2.45, 2.75) is 32.2 Å². The average molecular weight is 269 g/mol. The van der Waals surface area contributed by atoms with Gasteiger partial charge in [0.1, 0.15) is 0 Å². The van der Waals surface area contributed by atoms with E-state index < -0.39 is 0 Å². The number of nitrogens with one attached hydrogen (secondary N) is 1. The molecular formula is C15H31N3O. The predicted molar refractivity (Wildman–Crippen MR) is 79.3 cm³/mol. The van der Waals surface area contributed by atoms with Crippen molar-refractivity contribution in [3.8, 4) is 0 Å². The average Bonchev–Trinajstić information content (AvgIpc) is 2.39. The van der Waals surface area contributed by atoms with Gasteiger partial charge in [0.25, 0.3) is 0 Å². The molecule has 0 aromatic heterocycles. The third-order valence-electron chi connectivity index (χ3n) is 4.77. The molecule has 2 heterocycles. The first kappa shape index (κ1) is 15.2. The smallest absolute Gasteiger partial charge is 0.0558 e. The second-order valence-corrected chi connectivity index (χ2v) is 6.55. The van der Waals surface area contributed by atoms with Crippen molar-refractivity contribution in [3.05, 3.63) is 0 Å². The number of hydrogen-bond donors (Lipinski definition) is 2. The molecule has 0 amide bonds. The van der Waals surface area contributed by atoms with Crippen LogP contribution in [0.5, 0.6) is 0 Å². The Morgan fingerprint density at radius 3 is 2.95 bits per heavy atom. The number of aliphatic hydroxyl groups is 1. The highest BCUT2D eigenvalue weighted by Crippen LogP contribution is 2.24. The summed E-state index contributed by atoms with van der Waals surface area (Å²) in [6.07, 6.45) is 4.02. The minimum atomic E-state index is 0.271. The molecule has 2 fully saturated rings. The van der Waals surface area contributed by atoms with Gasteiger partial charge in [-0.15, -0.1) is 0 Å². The van der Waals surface area contributed by atoms with Crippen molar-refractivity contribution >= 4 is 0 Å². The van der Waals surface area contributed by atoms with Crippen LogP contribution in [0.4, 0.5) is 0 Å². The van der Waals surface area contributed by atoms with Gasteiger partial charge in [0.15, 0.2) is 0 Å². The highest BCUT2D eigenvalue weighted by atomic mass is 16.3. The van der Waals surface area contributed by atoms with Gasteiger partial charge in [-0.2, -0.15) is 0 Å². The summed E-state index contributed by atoms with van der Waals surface area (Å²) >= 11 is 0. The summed E-state index contributed by atoms with van der Waals surface area (Å²) in [6, 6.07) is 0.692. The summed E-state index contributed by atoms with van der Waals surface area (Å²) in [5.74, 6) is 1.61. The van der Waals surface area contributed by atoms with E-state index in [1.165, 1.54) is 32.4 Å². The molecule has 112 valence electrons. The fraction of sp³-hybridized carbons (Fsp3) is 1.00. The number of likely N-dealkylation sites (N-methyl/N-ethyl adjacent to an activating group) is 1. The quantitative estimate of drug-likeness (QED) is 0.767. The van der Waals surface area contributed by atoms with Gasteiger partial charge in [0.2, 0.25) is 0 Å². The molecule has 19 heavy (non-hydrogen) atoms. The molecule has 2 aliphatic heterocycles. The van der Waals surface area contributed by atoms with Crippen LogP contribution in [-0.4, -0.2) is 73.9 Å². The molecule has 4 nitrogen and oxygen atoms in total. The normalized spacial score (nSPS) is 33.8. The van der Waals surface area contributed by atoms with Crippen LogP contribution in [-0.2, 0) is 0 Å². The van der Waals surface area contributed by atoms with Gasteiger partial charge in [-0.1, -0.05) is 6.92 Å². The Bertz CT molecular complexity index is 262. The third kappa shape index (κ3) is 4.42. The van der Waals surface area contributed by atoms with Crippen molar-refractivity contribution < 1.29 is 5.11 Å². The molecule has 2 N–H and O–H groups in total. The van der Waals surface area contributed by atoms with E-state index in [2.05, 4.69) is 29.1 Å². The topological polar surface area (TPSA) is 38.7 Å². The van der Waals surface area contributed by atoms with Crippen molar-refractivity contribution in [2.24, 2.45) is 11.8 Å². The highest BCUT2D eigenvalue weighted by molar-refractivity contribution is 4.89. The lowest BCUT2D eigenvalue weighted by Crippen LogP contribution is -2.56. The summed E-state index contributed by atoms with van der Waals surface area (Å²) in [5.41, 5.74) is 0. The summed E-state index contributed by atoms with van der Waals surface area (Å²) in [5, 5.41) is 12.6. The summed E-state index contributed by atoms with van der Waals surface area (Å²) < 4.78 is 0. The minimum absolute atomic E-state index is 0.271. The van der Waals surface area contributed by atoms with E-state index in [4.69, 9.17) is 5.11 Å². The standard InChI is InChI=1S/C15H31N3O/c1-13-4-3-7-18(11-13)15-10-16-6-5-14(15)12-17(2)8-9-19/h13-16,19H,3-12H2,1-2H3. The summed E-state index contributed by atoms with van der Waals surface area (Å²) in [6.45, 7) is 9.42. The van der Waals surface area contributed by atoms with Crippen molar-refractivity contribution in [1.29, 1.82) is 0 Å². The SMILES string of the molecule is CC1CCCN(C2CNCCC2CN(C)CCO)C1. The Balaban J connectivity index is 1.91. The Morgan fingerprint density at radius 1 is 1.37 bits per heavy atom. The monoisotopic (exact) mass is 269 g/mol. The molecule has 3 unspecified atom stereocenters. The highest BCUT2D eigenvalue weighted by Gasteiger charge is 2.32. The van der Waals surface area contributed by atoms with E-state index in [-0.39, 0.29) is 6.61 Å². The molecule has 0 spiro atoms. The van der Waals surface area contributed by atoms with Crippen LogP contribution in [0.3, 0.4) is 0 Å². The van der Waals surface area contributed by atoms with Gasteiger partial charge in [-0.25, -0.2) is 0 Å². The molecular weight excluding hydrogens is 238 g/mol. The predicted octanol–water partition coefficient (Wildman–Crippen LogP) is 0.621. The molecule has 0 bridgehead atoms. The number of nitrogens with zero attached hydrogens (tertiary/aromatic N) is 2. The number of rotatable bonds is 5. The Hall–Kier alpha value is -0.160. The number of piperidine rings is 2. The fourth-order valence-electron chi connectivity index (χ4n) is 3.73. The summed E-state index contributed by atoms with van der Waals surface area (Å²) in [4.78, 5) is 5.01. The zero-order valence-electron chi connectivity index (χ0n) is 12.6. The first-order chi connectivity index (χ1) is 9.20. The van der Waals surface area contributed by atoms with E-state index in [0.29, 0.717) is 6.04 Å². The lowest BCUT2D eigenvalue weighted by molar-refractivity contribution is 0.0576. The maximum atomic E-state index is 9.05. The van der Waals surface area contributed by atoms with E-state index in [9.17, 15) is 0 Å². The van der Waals surface area contributed by atoms with E-state index in [0.717, 1.165) is 38.0 Å². The zero-order chi connectivity index (χ0) is 13.7. The Morgan fingerprint density at radius 2 is 2.21 bits per heavy atom. The number of hydrogen-bond acceptors (Lipinski definition) is 4. The van der Waals surface area contributed by atoms with Crippen LogP contribution < -0.4 is 5.32 Å². The molecule has 0 saturated carbocycles. The molecule has 4 heteroatoms. The van der Waals surface area contributed by atoms with Gasteiger partial charge in [-0.3, -0.25) is 4.90 Å². The number of aliphatic hydroxyl groups excluding tert-OH is 1. The maximum Gasteiger partial charge on any atom is 0.0558 e. The maximum absolute atomic E-state index is 9.05. The molecule has 0 aliphatic carbocycles. The van der Waals surface area contributed by atoms with Gasteiger partial charge in [-0.05, 0) is 51.2 Å². The van der Waals surface area contributed by atoms with Crippen molar-refractivity contribution in [2.75, 3.05) is 52.9 Å². The molecule has 2 aliphatic rings. The van der Waals surface area contributed by atoms with Gasteiger partial charge < -0.3 is 15.3 Å². The Labute approximate surface area is 118 Å². The molecule has 3 atom stereocenters. The van der Waals surface area contributed by atoms with Gasteiger partial charge >= 0.3 is 0 Å². The second kappa shape index (κ2) is 7.58. The summed E-state index contributed by atoms with van der Waals surface area (Å²) in [7, 11) is 2.13. The first-order valence-electron chi connectivity index (χ1n) is 7.95. The largest absolute Gasteiger partial charge is 0.395 e. The van der Waals surface area contributed by atoms with E-state index >= 15 is 0 Å². The van der Waals surface area contributed by atoms with Crippen LogP contribution in [0.15, 0.2) is 0 Å². The van der Waals surface area contributed by atoms with Crippen LogP contribution in [0.25, 0.3) is 0 Å². The van der Waals surface area contributed by atoms with E-state index in [1.54, 1.807) is 0 Å². The lowest BCUT2D eigenvalue weighted by atomic mass is 9.88. The Kier molecular flexibility index (Phi) is 6.07. The van der Waals surface area contributed by atoms with Crippen LogP contribution in [0.2, 0.25) is 0 Å². The zero-order valence-corrected chi connectivity index (χ0v) is 12.6. The molecule has 2 saturated heterocycles. The molecule has 0 radical (unpaired) electrons. The number of likely N-dealkylation sites (tertiary alicyclic amines) is 1. The van der Waals surface area contributed by atoms with E-state index in [1.807, 2.05) is 0 Å². The van der Waals surface area contributed by atoms with Crippen LogP contribution in [0.1, 0.15) is 26.2 Å². The minimum Gasteiger partial charge on any atom is -0.395 e. The van der Waals surface area contributed by atoms with Crippen molar-refractivity contribution in [3.63, 3.8) is 0 Å². The van der Waals surface area contributed by atoms with Crippen LogP contribution >= 0.6 is 0 Å². The lowest BCUT2D eigenvalue weighted by Gasteiger charge is -2.44. The molecule has 0 aromatic rings. The third-order valence-corrected chi connectivity index (χ3v) is 4.77. The molecule has 2 rings (SSSR count). The second-order valence-electron chi connectivity index (χ2n) is 6.55. The van der Waals surface area contributed by atoms with Crippen LogP contribution in [0, 0.1) is 11.8 Å². The van der Waals surface area contributed by atoms with Crippen molar-refractivity contribution in [1.82, 2.24) is 15.1 Å². The molecule has 0 aromatic carbocycles. The van der Waals surface area contributed by atoms with Gasteiger partial charge in [0, 0.05) is 32.2 Å².